The number of carbonyl (C=O) groups is 2. The van der Waals surface area contributed by atoms with Gasteiger partial charge in [-0.1, -0.05) is 12.1 Å². The van der Waals surface area contributed by atoms with Crippen molar-refractivity contribution in [1.29, 1.82) is 0 Å². The van der Waals surface area contributed by atoms with Crippen LogP contribution in [-0.4, -0.2) is 45.8 Å². The minimum absolute atomic E-state index is 0.00321. The topological polar surface area (TPSA) is 88.1 Å². The maximum Gasteiger partial charge on any atom is 0.253 e. The zero-order chi connectivity index (χ0) is 24.2. The summed E-state index contributed by atoms with van der Waals surface area (Å²) in [5.74, 6) is -0.00983. The quantitative estimate of drug-likeness (QED) is 0.407. The second-order valence-electron chi connectivity index (χ2n) is 8.22. The summed E-state index contributed by atoms with van der Waals surface area (Å²) >= 11 is 1.31. The summed E-state index contributed by atoms with van der Waals surface area (Å²) in [4.78, 5) is 40.6. The number of rotatable bonds is 6. The first-order valence-electron chi connectivity index (χ1n) is 11.3. The highest BCUT2D eigenvalue weighted by atomic mass is 32.1. The fourth-order valence-electron chi connectivity index (χ4n) is 4.13. The van der Waals surface area contributed by atoms with E-state index in [2.05, 4.69) is 25.2 Å². The Bertz CT molecular complexity index is 1340. The van der Waals surface area contributed by atoms with E-state index in [4.69, 9.17) is 0 Å². The van der Waals surface area contributed by atoms with Gasteiger partial charge in [-0.25, -0.2) is 14.4 Å². The molecule has 5 rings (SSSR count). The van der Waals surface area contributed by atoms with Crippen molar-refractivity contribution in [2.45, 2.75) is 18.9 Å². The van der Waals surface area contributed by atoms with E-state index in [0.717, 1.165) is 12.8 Å². The standard InChI is InChI=1S/C26H22FN5O2S/c27-19-4-1-3-17(15-19)22-7-6-18(16-30-22)25(34)31-20-8-12-32(13-9-20)24-21(5-2-10-28-24)23(33)26-29-11-14-35-26/h1-7,10-11,14-16,20H,8-9,12-13H2,(H,31,34). The molecule has 35 heavy (non-hydrogen) atoms. The largest absolute Gasteiger partial charge is 0.356 e. The van der Waals surface area contributed by atoms with Gasteiger partial charge in [-0.2, -0.15) is 0 Å². The molecule has 4 aromatic rings. The van der Waals surface area contributed by atoms with E-state index in [9.17, 15) is 14.0 Å². The molecule has 3 aromatic heterocycles. The number of hydrogen-bond donors (Lipinski definition) is 1. The number of amides is 1. The third-order valence-electron chi connectivity index (χ3n) is 5.93. The van der Waals surface area contributed by atoms with Gasteiger partial charge in [-0.15, -0.1) is 11.3 Å². The molecule has 7 nitrogen and oxygen atoms in total. The van der Waals surface area contributed by atoms with Crippen molar-refractivity contribution in [2.75, 3.05) is 18.0 Å². The van der Waals surface area contributed by atoms with Crippen LogP contribution in [0.2, 0.25) is 0 Å². The number of nitrogens with zero attached hydrogens (tertiary/aromatic N) is 4. The van der Waals surface area contributed by atoms with Gasteiger partial charge in [-0.3, -0.25) is 14.6 Å². The fourth-order valence-corrected chi connectivity index (χ4v) is 4.72. The van der Waals surface area contributed by atoms with Crippen LogP contribution < -0.4 is 10.2 Å². The maximum atomic E-state index is 13.5. The van der Waals surface area contributed by atoms with Crippen molar-refractivity contribution >= 4 is 28.8 Å². The molecule has 1 aromatic carbocycles. The number of hydrogen-bond acceptors (Lipinski definition) is 7. The molecule has 176 valence electrons. The highest BCUT2D eigenvalue weighted by Crippen LogP contribution is 2.25. The zero-order valence-electron chi connectivity index (χ0n) is 18.7. The van der Waals surface area contributed by atoms with Crippen LogP contribution >= 0.6 is 11.3 Å². The number of nitrogens with one attached hydrogen (secondary N) is 1. The molecular formula is C26H22FN5O2S. The number of pyridine rings is 2. The monoisotopic (exact) mass is 487 g/mol. The van der Waals surface area contributed by atoms with Crippen LogP contribution in [0.25, 0.3) is 11.3 Å². The smallest absolute Gasteiger partial charge is 0.253 e. The van der Waals surface area contributed by atoms with Crippen LogP contribution in [0, 0.1) is 5.82 Å². The lowest BCUT2D eigenvalue weighted by molar-refractivity contribution is 0.0930. The molecule has 1 fully saturated rings. The second kappa shape index (κ2) is 10.1. The Balaban J connectivity index is 1.20. The average Bonchev–Trinajstić information content (AvgIpc) is 3.44. The van der Waals surface area contributed by atoms with E-state index in [0.29, 0.717) is 46.3 Å². The Morgan fingerprint density at radius 2 is 1.86 bits per heavy atom. The van der Waals surface area contributed by atoms with E-state index < -0.39 is 0 Å². The van der Waals surface area contributed by atoms with Gasteiger partial charge in [0.1, 0.15) is 11.6 Å². The molecule has 1 N–H and O–H groups in total. The molecule has 0 aliphatic carbocycles. The summed E-state index contributed by atoms with van der Waals surface area (Å²) in [5, 5.41) is 5.30. The summed E-state index contributed by atoms with van der Waals surface area (Å²) in [7, 11) is 0. The predicted molar refractivity (Wildman–Crippen MR) is 132 cm³/mol. The lowest BCUT2D eigenvalue weighted by atomic mass is 10.0. The molecule has 0 unspecified atom stereocenters. The Kier molecular flexibility index (Phi) is 6.58. The first-order valence-corrected chi connectivity index (χ1v) is 12.1. The first-order chi connectivity index (χ1) is 17.1. The molecule has 1 aliphatic rings. The van der Waals surface area contributed by atoms with Crippen molar-refractivity contribution in [1.82, 2.24) is 20.3 Å². The molecule has 9 heteroatoms. The van der Waals surface area contributed by atoms with E-state index in [1.165, 1.54) is 29.7 Å². The Hall–Kier alpha value is -3.98. The van der Waals surface area contributed by atoms with Crippen molar-refractivity contribution < 1.29 is 14.0 Å². The van der Waals surface area contributed by atoms with Crippen LogP contribution in [0.4, 0.5) is 10.2 Å². The summed E-state index contributed by atoms with van der Waals surface area (Å²) in [5.41, 5.74) is 2.25. The van der Waals surface area contributed by atoms with E-state index in [1.807, 2.05) is 0 Å². The Morgan fingerprint density at radius 3 is 2.57 bits per heavy atom. The molecule has 4 heterocycles. The number of carbonyl (C=O) groups excluding carboxylic acids is 2. The van der Waals surface area contributed by atoms with Gasteiger partial charge in [0.2, 0.25) is 5.78 Å². The molecule has 1 amide bonds. The maximum absolute atomic E-state index is 13.5. The van der Waals surface area contributed by atoms with Gasteiger partial charge >= 0.3 is 0 Å². The lowest BCUT2D eigenvalue weighted by Gasteiger charge is -2.33. The number of benzene rings is 1. The zero-order valence-corrected chi connectivity index (χ0v) is 19.5. The van der Waals surface area contributed by atoms with Crippen molar-refractivity contribution in [3.63, 3.8) is 0 Å². The summed E-state index contributed by atoms with van der Waals surface area (Å²) in [6, 6.07) is 13.1. The number of anilines is 1. The van der Waals surface area contributed by atoms with Crippen LogP contribution in [0.3, 0.4) is 0 Å². The van der Waals surface area contributed by atoms with Gasteiger partial charge in [0.15, 0.2) is 5.01 Å². The normalized spacial score (nSPS) is 14.0. The Morgan fingerprint density at radius 1 is 1.00 bits per heavy atom. The number of halogens is 1. The van der Waals surface area contributed by atoms with E-state index >= 15 is 0 Å². The van der Waals surface area contributed by atoms with E-state index in [-0.39, 0.29) is 23.5 Å². The minimum atomic E-state index is -0.331. The van der Waals surface area contributed by atoms with Gasteiger partial charge in [0, 0.05) is 48.7 Å². The van der Waals surface area contributed by atoms with E-state index in [1.54, 1.807) is 54.2 Å². The summed E-state index contributed by atoms with van der Waals surface area (Å²) < 4.78 is 13.5. The molecule has 0 spiro atoms. The first kappa shape index (κ1) is 22.8. The highest BCUT2D eigenvalue weighted by molar-refractivity contribution is 7.11. The summed E-state index contributed by atoms with van der Waals surface area (Å²) in [6.07, 6.45) is 6.26. The van der Waals surface area contributed by atoms with Crippen LogP contribution in [-0.2, 0) is 0 Å². The molecular weight excluding hydrogens is 465 g/mol. The van der Waals surface area contributed by atoms with Crippen molar-refractivity contribution in [2.24, 2.45) is 0 Å². The number of thiazole rings is 1. The highest BCUT2D eigenvalue weighted by Gasteiger charge is 2.26. The fraction of sp³-hybridized carbons (Fsp3) is 0.192. The molecule has 0 atom stereocenters. The second-order valence-corrected chi connectivity index (χ2v) is 9.11. The third-order valence-corrected chi connectivity index (χ3v) is 6.71. The van der Waals surface area contributed by atoms with Gasteiger partial charge < -0.3 is 10.2 Å². The van der Waals surface area contributed by atoms with Gasteiger partial charge in [0.25, 0.3) is 5.91 Å². The molecule has 1 aliphatic heterocycles. The number of aromatic nitrogens is 3. The van der Waals surface area contributed by atoms with Crippen LogP contribution in [0.1, 0.15) is 38.6 Å². The molecule has 0 radical (unpaired) electrons. The summed E-state index contributed by atoms with van der Waals surface area (Å²) in [6.45, 7) is 1.33. The number of ketones is 1. The van der Waals surface area contributed by atoms with Crippen molar-refractivity contribution in [3.8, 4) is 11.3 Å². The number of piperidine rings is 1. The predicted octanol–water partition coefficient (Wildman–Crippen LogP) is 4.37. The van der Waals surface area contributed by atoms with Crippen LogP contribution in [0.5, 0.6) is 0 Å². The Labute approximate surface area is 205 Å². The molecule has 0 bridgehead atoms. The SMILES string of the molecule is O=C(NC1CCN(c2ncccc2C(=O)c2nccs2)CC1)c1ccc(-c2cccc(F)c2)nc1. The minimum Gasteiger partial charge on any atom is -0.356 e. The molecule has 0 saturated carbocycles. The average molecular weight is 488 g/mol. The molecule has 1 saturated heterocycles. The van der Waals surface area contributed by atoms with Crippen LogP contribution in [0.15, 0.2) is 72.5 Å². The third kappa shape index (κ3) is 5.09. The lowest BCUT2D eigenvalue weighted by Crippen LogP contribution is -2.45. The van der Waals surface area contributed by atoms with Gasteiger partial charge in [0.05, 0.1) is 16.8 Å². The van der Waals surface area contributed by atoms with Crippen molar-refractivity contribution in [3.05, 3.63) is 94.5 Å². The van der Waals surface area contributed by atoms with Gasteiger partial charge in [-0.05, 0) is 49.2 Å².